The van der Waals surface area contributed by atoms with Gasteiger partial charge in [-0.1, -0.05) is 48.5 Å². The minimum Gasteiger partial charge on any atom is -0.481 e. The van der Waals surface area contributed by atoms with E-state index in [9.17, 15) is 14.7 Å². The summed E-state index contributed by atoms with van der Waals surface area (Å²) in [4.78, 5) is 26.2. The van der Waals surface area contributed by atoms with Crippen molar-refractivity contribution in [2.45, 2.75) is 43.7 Å². The van der Waals surface area contributed by atoms with Gasteiger partial charge in [0.05, 0.1) is 5.92 Å². The average molecular weight is 377 g/mol. The number of carboxylic acid groups (broad SMARTS) is 1. The second-order valence-electron chi connectivity index (χ2n) is 8.04. The maximum absolute atomic E-state index is 12.9. The molecule has 144 valence electrons. The molecule has 1 amide bonds. The average Bonchev–Trinajstić information content (AvgIpc) is 3.15. The van der Waals surface area contributed by atoms with Crippen molar-refractivity contribution in [1.82, 2.24) is 4.90 Å². The fourth-order valence-corrected chi connectivity index (χ4v) is 5.41. The molecule has 0 radical (unpaired) electrons. The Kier molecular flexibility index (Phi) is 4.11. The molecule has 1 aliphatic carbocycles. The zero-order chi connectivity index (χ0) is 19.3. The van der Waals surface area contributed by atoms with E-state index in [0.717, 1.165) is 19.3 Å². The quantitative estimate of drug-likeness (QED) is 0.868. The highest BCUT2D eigenvalue weighted by Crippen LogP contribution is 2.45. The number of amides is 1. The van der Waals surface area contributed by atoms with Crippen molar-refractivity contribution in [2.75, 3.05) is 6.61 Å². The molecule has 0 unspecified atom stereocenters. The molecule has 5 heteroatoms. The Morgan fingerprint density at radius 2 is 1.64 bits per heavy atom. The zero-order valence-corrected chi connectivity index (χ0v) is 15.6. The summed E-state index contributed by atoms with van der Waals surface area (Å²) in [7, 11) is 0. The maximum atomic E-state index is 12.9. The van der Waals surface area contributed by atoms with E-state index >= 15 is 0 Å². The molecule has 3 atom stereocenters. The summed E-state index contributed by atoms with van der Waals surface area (Å²) in [5.74, 6) is -1.24. The van der Waals surface area contributed by atoms with Crippen molar-refractivity contribution < 1.29 is 19.4 Å². The normalized spacial score (nSPS) is 25.3. The van der Waals surface area contributed by atoms with Gasteiger partial charge in [0.25, 0.3) is 0 Å². The summed E-state index contributed by atoms with van der Waals surface area (Å²) in [6.07, 6.45) is 2.78. The Bertz CT molecular complexity index is 894. The Morgan fingerprint density at radius 1 is 1.00 bits per heavy atom. The molecule has 2 aliphatic heterocycles. The van der Waals surface area contributed by atoms with Gasteiger partial charge in [0.15, 0.2) is 0 Å². The molecule has 2 bridgehead atoms. The number of hydrogen-bond donors (Lipinski definition) is 1. The SMILES string of the molecule is O=C(O)[C@@H]1C[C@H]2CCC[C@@H]1N2C(=O)OCC1c2ccccc2-c2ccccc21. The molecule has 28 heavy (non-hydrogen) atoms. The van der Waals surface area contributed by atoms with E-state index in [1.165, 1.54) is 22.3 Å². The molecule has 2 aromatic carbocycles. The topological polar surface area (TPSA) is 66.8 Å². The Balaban J connectivity index is 1.36. The van der Waals surface area contributed by atoms with Crippen LogP contribution >= 0.6 is 0 Å². The molecule has 3 aliphatic rings. The molecular formula is C23H23NO4. The van der Waals surface area contributed by atoms with E-state index in [0.29, 0.717) is 6.42 Å². The standard InChI is InChI=1S/C23H23NO4/c25-22(26)19-12-14-6-5-11-21(19)24(14)23(27)28-13-20-17-9-3-1-7-15(17)16-8-2-4-10-18(16)20/h1-4,7-10,14,19-21H,5-6,11-13H2,(H,25,26)/t14-,19-,21+/m1/s1. The van der Waals surface area contributed by atoms with Crippen LogP contribution in [0.5, 0.6) is 0 Å². The van der Waals surface area contributed by atoms with Crippen molar-refractivity contribution >= 4 is 12.1 Å². The second kappa shape index (κ2) is 6.66. The number of nitrogens with zero attached hydrogens (tertiary/aromatic N) is 1. The van der Waals surface area contributed by atoms with Gasteiger partial charge in [-0.25, -0.2) is 4.79 Å². The van der Waals surface area contributed by atoms with Gasteiger partial charge in [-0.05, 0) is 47.9 Å². The minimum atomic E-state index is -0.800. The first kappa shape index (κ1) is 17.3. The van der Waals surface area contributed by atoms with Crippen LogP contribution in [0, 0.1) is 5.92 Å². The molecule has 5 rings (SSSR count). The van der Waals surface area contributed by atoms with Crippen LogP contribution in [-0.2, 0) is 9.53 Å². The molecule has 2 saturated heterocycles. The van der Waals surface area contributed by atoms with Gasteiger partial charge in [0.1, 0.15) is 6.61 Å². The summed E-state index contributed by atoms with van der Waals surface area (Å²) in [5, 5.41) is 9.50. The van der Waals surface area contributed by atoms with Gasteiger partial charge in [-0.3, -0.25) is 4.79 Å². The van der Waals surface area contributed by atoms with Gasteiger partial charge in [0, 0.05) is 18.0 Å². The summed E-state index contributed by atoms with van der Waals surface area (Å²) < 4.78 is 5.78. The number of aliphatic carboxylic acids is 1. The van der Waals surface area contributed by atoms with Gasteiger partial charge < -0.3 is 14.7 Å². The summed E-state index contributed by atoms with van der Waals surface area (Å²) >= 11 is 0. The molecule has 1 N–H and O–H groups in total. The van der Waals surface area contributed by atoms with E-state index in [1.807, 2.05) is 24.3 Å². The molecule has 0 aromatic heterocycles. The Morgan fingerprint density at radius 3 is 2.29 bits per heavy atom. The fraction of sp³-hybridized carbons (Fsp3) is 0.391. The largest absolute Gasteiger partial charge is 0.481 e. The first-order chi connectivity index (χ1) is 13.6. The molecular weight excluding hydrogens is 354 g/mol. The zero-order valence-electron chi connectivity index (χ0n) is 15.6. The van der Waals surface area contributed by atoms with E-state index in [-0.39, 0.29) is 30.7 Å². The number of ether oxygens (including phenoxy) is 1. The van der Waals surface area contributed by atoms with Crippen LogP contribution in [0.15, 0.2) is 48.5 Å². The molecule has 2 aromatic rings. The number of hydrogen-bond acceptors (Lipinski definition) is 3. The first-order valence-electron chi connectivity index (χ1n) is 10.0. The molecule has 2 heterocycles. The Labute approximate surface area is 163 Å². The predicted octanol–water partition coefficient (Wildman–Crippen LogP) is 4.26. The lowest BCUT2D eigenvalue weighted by Gasteiger charge is -2.34. The summed E-state index contributed by atoms with van der Waals surface area (Å²) in [6.45, 7) is 0.278. The monoisotopic (exact) mass is 377 g/mol. The molecule has 5 nitrogen and oxygen atoms in total. The number of benzene rings is 2. The molecule has 0 saturated carbocycles. The molecule has 2 fully saturated rings. The lowest BCUT2D eigenvalue weighted by atomic mass is 9.98. The minimum absolute atomic E-state index is 0.00417. The van der Waals surface area contributed by atoms with Gasteiger partial charge >= 0.3 is 12.1 Å². The lowest BCUT2D eigenvalue weighted by molar-refractivity contribution is -0.142. The van der Waals surface area contributed by atoms with E-state index in [2.05, 4.69) is 24.3 Å². The van der Waals surface area contributed by atoms with Crippen molar-refractivity contribution in [3.05, 3.63) is 59.7 Å². The number of piperidine rings is 1. The second-order valence-corrected chi connectivity index (χ2v) is 8.04. The van der Waals surface area contributed by atoms with Crippen LogP contribution in [0.3, 0.4) is 0 Å². The van der Waals surface area contributed by atoms with Crippen LogP contribution < -0.4 is 0 Å². The van der Waals surface area contributed by atoms with Crippen molar-refractivity contribution in [3.63, 3.8) is 0 Å². The third kappa shape index (κ3) is 2.60. The number of carboxylic acids is 1. The highest BCUT2D eigenvalue weighted by atomic mass is 16.6. The van der Waals surface area contributed by atoms with Crippen molar-refractivity contribution in [3.8, 4) is 11.1 Å². The fourth-order valence-electron chi connectivity index (χ4n) is 5.41. The summed E-state index contributed by atoms with van der Waals surface area (Å²) in [6, 6.07) is 16.3. The third-order valence-corrected chi connectivity index (χ3v) is 6.64. The van der Waals surface area contributed by atoms with Crippen LogP contribution in [-0.4, -0.2) is 40.8 Å². The maximum Gasteiger partial charge on any atom is 0.410 e. The summed E-state index contributed by atoms with van der Waals surface area (Å²) in [5.41, 5.74) is 4.76. The van der Waals surface area contributed by atoms with Gasteiger partial charge in [-0.2, -0.15) is 0 Å². The highest BCUT2D eigenvalue weighted by molar-refractivity contribution is 5.79. The smallest absolute Gasteiger partial charge is 0.410 e. The Hall–Kier alpha value is -2.82. The van der Waals surface area contributed by atoms with Crippen LogP contribution in [0.1, 0.15) is 42.7 Å². The van der Waals surface area contributed by atoms with E-state index in [4.69, 9.17) is 4.74 Å². The highest BCUT2D eigenvalue weighted by Gasteiger charge is 2.49. The molecule has 0 spiro atoms. The number of carbonyl (C=O) groups excluding carboxylic acids is 1. The number of rotatable bonds is 3. The van der Waals surface area contributed by atoms with Crippen molar-refractivity contribution in [1.29, 1.82) is 0 Å². The van der Waals surface area contributed by atoms with Crippen molar-refractivity contribution in [2.24, 2.45) is 5.92 Å². The van der Waals surface area contributed by atoms with E-state index in [1.54, 1.807) is 4.90 Å². The number of fused-ring (bicyclic) bond motifs is 5. The van der Waals surface area contributed by atoms with Gasteiger partial charge in [-0.15, -0.1) is 0 Å². The first-order valence-corrected chi connectivity index (χ1v) is 10.0. The third-order valence-electron chi connectivity index (χ3n) is 6.64. The number of carbonyl (C=O) groups is 2. The van der Waals surface area contributed by atoms with Crippen LogP contribution in [0.25, 0.3) is 11.1 Å². The van der Waals surface area contributed by atoms with Gasteiger partial charge in [0.2, 0.25) is 0 Å². The lowest BCUT2D eigenvalue weighted by Crippen LogP contribution is -2.46. The van der Waals surface area contributed by atoms with E-state index < -0.39 is 11.9 Å². The van der Waals surface area contributed by atoms with Crippen LogP contribution in [0.2, 0.25) is 0 Å². The van der Waals surface area contributed by atoms with Crippen LogP contribution in [0.4, 0.5) is 4.79 Å². The predicted molar refractivity (Wildman–Crippen MR) is 104 cm³/mol.